The lowest BCUT2D eigenvalue weighted by Gasteiger charge is -2.32. The van der Waals surface area contributed by atoms with Crippen LogP contribution in [0.4, 0.5) is 11.8 Å². The van der Waals surface area contributed by atoms with Crippen LogP contribution in [0.15, 0.2) is 0 Å². The fraction of sp³-hybridized carbons (Fsp3) is 0.600. The molecule has 0 spiro atoms. The molecule has 0 bridgehead atoms. The van der Waals surface area contributed by atoms with Gasteiger partial charge in [0.1, 0.15) is 11.7 Å². The summed E-state index contributed by atoms with van der Waals surface area (Å²) in [5, 5.41) is 0. The van der Waals surface area contributed by atoms with Crippen molar-refractivity contribution in [3.8, 4) is 0 Å². The Bertz CT molecular complexity index is 588. The average Bonchev–Trinajstić information content (AvgIpc) is 2.50. The molecule has 22 heavy (non-hydrogen) atoms. The number of anilines is 2. The van der Waals surface area contributed by atoms with Gasteiger partial charge in [0.15, 0.2) is 5.78 Å². The third-order valence-corrected chi connectivity index (χ3v) is 3.86. The van der Waals surface area contributed by atoms with Gasteiger partial charge in [0.25, 0.3) is 0 Å². The van der Waals surface area contributed by atoms with E-state index in [1.165, 1.54) is 0 Å². The highest BCUT2D eigenvalue weighted by atomic mass is 16.5. The quantitative estimate of drug-likeness (QED) is 0.651. The van der Waals surface area contributed by atoms with Crippen molar-refractivity contribution in [3.05, 3.63) is 11.3 Å². The van der Waals surface area contributed by atoms with Crippen LogP contribution in [-0.2, 0) is 20.7 Å². The van der Waals surface area contributed by atoms with Crippen LogP contribution in [0.5, 0.6) is 0 Å². The topological polar surface area (TPSA) is 98.4 Å². The number of piperidine rings is 1. The van der Waals surface area contributed by atoms with Crippen molar-refractivity contribution in [3.63, 3.8) is 0 Å². The monoisotopic (exact) mass is 306 g/mol. The molecule has 0 unspecified atom stereocenters. The highest BCUT2D eigenvalue weighted by molar-refractivity contribution is 6.00. The van der Waals surface area contributed by atoms with Gasteiger partial charge in [-0.25, -0.2) is 4.98 Å². The number of aryl methyl sites for hydroxylation is 1. The van der Waals surface area contributed by atoms with Crippen LogP contribution in [0.1, 0.15) is 31.5 Å². The normalized spacial score (nSPS) is 18.4. The van der Waals surface area contributed by atoms with E-state index in [1.807, 2.05) is 18.7 Å². The number of hydrogen-bond donors (Lipinski definition) is 1. The maximum atomic E-state index is 12.0. The molecule has 7 heteroatoms. The first-order valence-corrected chi connectivity index (χ1v) is 7.55. The lowest BCUT2D eigenvalue weighted by molar-refractivity contribution is -0.151. The number of ketones is 1. The molecule has 1 aliphatic rings. The van der Waals surface area contributed by atoms with Gasteiger partial charge in [-0.05, 0) is 20.3 Å². The molecule has 0 aliphatic carbocycles. The molecular formula is C15H22N4O3. The predicted octanol–water partition coefficient (Wildman–Crippen LogP) is 0.888. The van der Waals surface area contributed by atoms with E-state index < -0.39 is 11.9 Å². The number of ether oxygens (including phenoxy) is 1. The number of nitrogen functional groups attached to an aromatic ring is 1. The largest absolute Gasteiger partial charge is 0.465 e. The van der Waals surface area contributed by atoms with Crippen LogP contribution < -0.4 is 10.6 Å². The number of esters is 1. The third-order valence-electron chi connectivity index (χ3n) is 3.86. The molecule has 0 amide bonds. The van der Waals surface area contributed by atoms with Crippen LogP contribution in [0.3, 0.4) is 0 Å². The third kappa shape index (κ3) is 3.18. The summed E-state index contributed by atoms with van der Waals surface area (Å²) in [6.45, 7) is 6.73. The molecule has 0 aromatic carbocycles. The number of rotatable bonds is 4. The predicted molar refractivity (Wildman–Crippen MR) is 82.5 cm³/mol. The highest BCUT2D eigenvalue weighted by Gasteiger charge is 2.35. The standard InChI is InChI=1S/C15H22N4O3/c1-4-11-9(3)13(18-15(16)17-11)19-7-6-12(20)10(8-19)14(21)22-5-2/h10H,4-8H2,1-3H3,(H2,16,17,18)/t10-/m1/s1. The Balaban J connectivity index is 2.28. The highest BCUT2D eigenvalue weighted by Crippen LogP contribution is 2.26. The van der Waals surface area contributed by atoms with Gasteiger partial charge in [0, 0.05) is 25.1 Å². The van der Waals surface area contributed by atoms with E-state index in [1.54, 1.807) is 6.92 Å². The summed E-state index contributed by atoms with van der Waals surface area (Å²) >= 11 is 0. The Morgan fingerprint density at radius 1 is 1.41 bits per heavy atom. The number of aromatic nitrogens is 2. The van der Waals surface area contributed by atoms with E-state index in [0.717, 1.165) is 17.7 Å². The summed E-state index contributed by atoms with van der Waals surface area (Å²) in [6.07, 6.45) is 1.05. The molecule has 1 fully saturated rings. The van der Waals surface area contributed by atoms with E-state index in [4.69, 9.17) is 10.5 Å². The van der Waals surface area contributed by atoms with E-state index in [-0.39, 0.29) is 24.9 Å². The van der Waals surface area contributed by atoms with E-state index in [0.29, 0.717) is 18.8 Å². The molecule has 0 saturated carbocycles. The number of nitrogens with zero attached hydrogens (tertiary/aromatic N) is 3. The molecular weight excluding hydrogens is 284 g/mol. The zero-order valence-electron chi connectivity index (χ0n) is 13.3. The SMILES string of the molecule is CCOC(=O)[C@@H]1CN(c2nc(N)nc(CC)c2C)CCC1=O. The summed E-state index contributed by atoms with van der Waals surface area (Å²) in [5.41, 5.74) is 7.59. The molecule has 1 aliphatic heterocycles. The molecule has 1 aromatic rings. The molecule has 1 saturated heterocycles. The minimum atomic E-state index is -0.755. The number of Topliss-reactive ketones (excluding diaryl/α,β-unsaturated/α-hetero) is 1. The van der Waals surface area contributed by atoms with Gasteiger partial charge in [-0.15, -0.1) is 0 Å². The van der Waals surface area contributed by atoms with E-state index >= 15 is 0 Å². The molecule has 2 N–H and O–H groups in total. The second-order valence-electron chi connectivity index (χ2n) is 5.30. The van der Waals surface area contributed by atoms with Crippen molar-refractivity contribution in [1.82, 2.24) is 9.97 Å². The van der Waals surface area contributed by atoms with Crippen molar-refractivity contribution in [2.45, 2.75) is 33.6 Å². The zero-order chi connectivity index (χ0) is 16.3. The number of hydrogen-bond acceptors (Lipinski definition) is 7. The summed E-state index contributed by atoms with van der Waals surface area (Å²) in [4.78, 5) is 34.4. The average molecular weight is 306 g/mol. The fourth-order valence-electron chi connectivity index (χ4n) is 2.69. The Labute approximate surface area is 129 Å². The summed E-state index contributed by atoms with van der Waals surface area (Å²) in [7, 11) is 0. The van der Waals surface area contributed by atoms with Gasteiger partial charge in [0.05, 0.1) is 12.3 Å². The lowest BCUT2D eigenvalue weighted by atomic mass is 9.96. The lowest BCUT2D eigenvalue weighted by Crippen LogP contribution is -2.45. The Hall–Kier alpha value is -2.18. The first-order valence-electron chi connectivity index (χ1n) is 7.55. The summed E-state index contributed by atoms with van der Waals surface area (Å²) in [5.74, 6) is -0.389. The molecule has 1 atom stereocenters. The minimum absolute atomic E-state index is 0.0786. The fourth-order valence-corrected chi connectivity index (χ4v) is 2.69. The Morgan fingerprint density at radius 2 is 2.14 bits per heavy atom. The van der Waals surface area contributed by atoms with Gasteiger partial charge >= 0.3 is 5.97 Å². The minimum Gasteiger partial charge on any atom is -0.465 e. The van der Waals surface area contributed by atoms with Gasteiger partial charge in [-0.1, -0.05) is 6.92 Å². The van der Waals surface area contributed by atoms with Crippen LogP contribution in [0, 0.1) is 12.8 Å². The molecule has 2 heterocycles. The van der Waals surface area contributed by atoms with Gasteiger partial charge in [0.2, 0.25) is 5.95 Å². The molecule has 1 aromatic heterocycles. The maximum absolute atomic E-state index is 12.0. The van der Waals surface area contributed by atoms with Crippen LogP contribution in [-0.4, -0.2) is 41.4 Å². The van der Waals surface area contributed by atoms with Crippen molar-refractivity contribution < 1.29 is 14.3 Å². The Kier molecular flexibility index (Phi) is 4.95. The zero-order valence-corrected chi connectivity index (χ0v) is 13.3. The van der Waals surface area contributed by atoms with Gasteiger partial charge in [-0.3, -0.25) is 9.59 Å². The van der Waals surface area contributed by atoms with Crippen molar-refractivity contribution in [2.24, 2.45) is 5.92 Å². The van der Waals surface area contributed by atoms with Gasteiger partial charge in [-0.2, -0.15) is 4.98 Å². The van der Waals surface area contributed by atoms with E-state index in [9.17, 15) is 9.59 Å². The second-order valence-corrected chi connectivity index (χ2v) is 5.30. The first kappa shape index (κ1) is 16.2. The van der Waals surface area contributed by atoms with Crippen molar-refractivity contribution in [2.75, 3.05) is 30.3 Å². The summed E-state index contributed by atoms with van der Waals surface area (Å²) < 4.78 is 4.99. The van der Waals surface area contributed by atoms with Crippen LogP contribution in [0.25, 0.3) is 0 Å². The second kappa shape index (κ2) is 6.72. The number of nitrogens with two attached hydrogens (primary N) is 1. The number of carbonyl (C=O) groups excluding carboxylic acids is 2. The molecule has 2 rings (SSSR count). The first-order chi connectivity index (χ1) is 10.5. The molecule has 0 radical (unpaired) electrons. The van der Waals surface area contributed by atoms with Crippen molar-refractivity contribution in [1.29, 1.82) is 0 Å². The maximum Gasteiger partial charge on any atom is 0.318 e. The molecule has 120 valence electrons. The van der Waals surface area contributed by atoms with Crippen LogP contribution >= 0.6 is 0 Å². The smallest absolute Gasteiger partial charge is 0.318 e. The van der Waals surface area contributed by atoms with E-state index in [2.05, 4.69) is 9.97 Å². The Morgan fingerprint density at radius 3 is 2.77 bits per heavy atom. The molecule has 7 nitrogen and oxygen atoms in total. The van der Waals surface area contributed by atoms with Crippen LogP contribution in [0.2, 0.25) is 0 Å². The number of carbonyl (C=O) groups is 2. The summed E-state index contributed by atoms with van der Waals surface area (Å²) in [6, 6.07) is 0. The van der Waals surface area contributed by atoms with Gasteiger partial charge < -0.3 is 15.4 Å². The van der Waals surface area contributed by atoms with Crippen molar-refractivity contribution >= 4 is 23.5 Å².